The van der Waals surface area contributed by atoms with Crippen molar-refractivity contribution < 1.29 is 14.0 Å². The summed E-state index contributed by atoms with van der Waals surface area (Å²) in [4.78, 5) is 28.4. The zero-order valence-electron chi connectivity index (χ0n) is 15.5. The van der Waals surface area contributed by atoms with Crippen LogP contribution in [0.15, 0.2) is 48.5 Å². The molecule has 0 aromatic heterocycles. The number of rotatable bonds is 5. The highest BCUT2D eigenvalue weighted by Crippen LogP contribution is 2.12. The highest BCUT2D eigenvalue weighted by molar-refractivity contribution is 5.98. The normalized spacial score (nSPS) is 14.8. The van der Waals surface area contributed by atoms with Gasteiger partial charge in [0.15, 0.2) is 5.78 Å². The van der Waals surface area contributed by atoms with Gasteiger partial charge in [0.05, 0.1) is 12.1 Å². The van der Waals surface area contributed by atoms with Crippen LogP contribution >= 0.6 is 0 Å². The minimum Gasteiger partial charge on any atom is -0.334 e. The number of piperazine rings is 1. The van der Waals surface area contributed by atoms with Crippen molar-refractivity contribution >= 4 is 11.8 Å². The number of urea groups is 1. The number of Topliss-reactive ketones (excluding diaryl/α,β-unsaturated/α-hetero) is 1. The van der Waals surface area contributed by atoms with Crippen LogP contribution in [0.2, 0.25) is 0 Å². The van der Waals surface area contributed by atoms with Gasteiger partial charge in [-0.25, -0.2) is 9.18 Å². The van der Waals surface area contributed by atoms with Crippen molar-refractivity contribution in [3.05, 3.63) is 71.0 Å². The number of nitrogens with one attached hydrogen (secondary N) is 1. The van der Waals surface area contributed by atoms with Crippen LogP contribution in [-0.2, 0) is 6.54 Å². The lowest BCUT2D eigenvalue weighted by atomic mass is 10.1. The summed E-state index contributed by atoms with van der Waals surface area (Å²) in [5.74, 6) is -0.706. The molecule has 0 spiro atoms. The van der Waals surface area contributed by atoms with Gasteiger partial charge in [-0.05, 0) is 24.6 Å². The van der Waals surface area contributed by atoms with E-state index in [0.29, 0.717) is 32.7 Å². The van der Waals surface area contributed by atoms with Gasteiger partial charge < -0.3 is 10.2 Å². The number of benzene rings is 2. The number of hydrogen-bond donors (Lipinski definition) is 1. The molecule has 2 aromatic carbocycles. The molecule has 1 aliphatic heterocycles. The molecule has 2 amide bonds. The summed E-state index contributed by atoms with van der Waals surface area (Å²) in [5, 5.41) is 2.92. The molecule has 1 heterocycles. The molecule has 1 fully saturated rings. The van der Waals surface area contributed by atoms with Gasteiger partial charge in [-0.1, -0.05) is 42.0 Å². The molecular weight excluding hydrogens is 345 g/mol. The van der Waals surface area contributed by atoms with E-state index in [1.807, 2.05) is 42.2 Å². The Labute approximate surface area is 158 Å². The Morgan fingerprint density at radius 2 is 1.74 bits per heavy atom. The second-order valence-corrected chi connectivity index (χ2v) is 6.81. The topological polar surface area (TPSA) is 52.7 Å². The van der Waals surface area contributed by atoms with Gasteiger partial charge in [0.2, 0.25) is 0 Å². The molecule has 142 valence electrons. The SMILES string of the molecule is Cc1ccc(F)c(C(=O)CN2CCN(C(=O)NCc3ccccc3)CC2)c1. The van der Waals surface area contributed by atoms with E-state index >= 15 is 0 Å². The number of halogens is 1. The molecular formula is C21H24FN3O2. The molecule has 1 N–H and O–H groups in total. The van der Waals surface area contributed by atoms with E-state index in [2.05, 4.69) is 5.32 Å². The first-order valence-electron chi connectivity index (χ1n) is 9.11. The fourth-order valence-electron chi connectivity index (χ4n) is 3.14. The van der Waals surface area contributed by atoms with Crippen molar-refractivity contribution in [2.75, 3.05) is 32.7 Å². The van der Waals surface area contributed by atoms with Gasteiger partial charge in [-0.2, -0.15) is 0 Å². The second-order valence-electron chi connectivity index (χ2n) is 6.81. The Hall–Kier alpha value is -2.73. The summed E-state index contributed by atoms with van der Waals surface area (Å²) in [7, 11) is 0. The third-order valence-electron chi connectivity index (χ3n) is 4.74. The quantitative estimate of drug-likeness (QED) is 0.825. The van der Waals surface area contributed by atoms with Crippen molar-refractivity contribution in [3.8, 4) is 0 Å². The van der Waals surface area contributed by atoms with E-state index in [1.165, 1.54) is 6.07 Å². The number of hydrogen-bond acceptors (Lipinski definition) is 3. The van der Waals surface area contributed by atoms with Gasteiger partial charge in [-0.3, -0.25) is 9.69 Å². The maximum Gasteiger partial charge on any atom is 0.317 e. The monoisotopic (exact) mass is 369 g/mol. The fraction of sp³-hybridized carbons (Fsp3) is 0.333. The van der Waals surface area contributed by atoms with Gasteiger partial charge >= 0.3 is 6.03 Å². The summed E-state index contributed by atoms with van der Waals surface area (Å²) in [6.07, 6.45) is 0. The lowest BCUT2D eigenvalue weighted by Gasteiger charge is -2.34. The van der Waals surface area contributed by atoms with E-state index in [-0.39, 0.29) is 23.9 Å². The molecule has 2 aromatic rings. The van der Waals surface area contributed by atoms with Crippen molar-refractivity contribution in [2.24, 2.45) is 0 Å². The lowest BCUT2D eigenvalue weighted by molar-refractivity contribution is 0.0874. The minimum atomic E-state index is -0.482. The largest absolute Gasteiger partial charge is 0.334 e. The molecule has 6 heteroatoms. The van der Waals surface area contributed by atoms with Gasteiger partial charge in [0.1, 0.15) is 5.82 Å². The maximum atomic E-state index is 13.9. The van der Waals surface area contributed by atoms with Gasteiger partial charge in [0, 0.05) is 32.7 Å². The van der Waals surface area contributed by atoms with Crippen LogP contribution in [0.5, 0.6) is 0 Å². The third-order valence-corrected chi connectivity index (χ3v) is 4.74. The number of carbonyl (C=O) groups excluding carboxylic acids is 2. The molecule has 0 saturated carbocycles. The maximum absolute atomic E-state index is 13.9. The summed E-state index contributed by atoms with van der Waals surface area (Å²) in [6, 6.07) is 14.2. The Bertz CT molecular complexity index is 802. The Morgan fingerprint density at radius 3 is 2.44 bits per heavy atom. The van der Waals surface area contributed by atoms with E-state index in [4.69, 9.17) is 0 Å². The third kappa shape index (κ3) is 5.14. The predicted molar refractivity (Wildman–Crippen MR) is 102 cm³/mol. The number of carbonyl (C=O) groups is 2. The molecule has 0 atom stereocenters. The minimum absolute atomic E-state index is 0.102. The molecule has 0 aliphatic carbocycles. The standard InChI is InChI=1S/C21H24FN3O2/c1-16-7-8-19(22)18(13-16)20(26)15-24-9-11-25(12-10-24)21(27)23-14-17-5-3-2-4-6-17/h2-8,13H,9-12,14-15H2,1H3,(H,23,27). The van der Waals surface area contributed by atoms with Crippen LogP contribution in [0.3, 0.4) is 0 Å². The van der Waals surface area contributed by atoms with E-state index in [0.717, 1.165) is 11.1 Å². The molecule has 27 heavy (non-hydrogen) atoms. The Morgan fingerprint density at radius 1 is 1.04 bits per heavy atom. The van der Waals surface area contributed by atoms with Crippen LogP contribution < -0.4 is 5.32 Å². The van der Waals surface area contributed by atoms with Crippen LogP contribution in [-0.4, -0.2) is 54.3 Å². The number of nitrogens with zero attached hydrogens (tertiary/aromatic N) is 2. The summed E-state index contributed by atoms with van der Waals surface area (Å²) >= 11 is 0. The molecule has 3 rings (SSSR count). The summed E-state index contributed by atoms with van der Waals surface area (Å²) < 4.78 is 13.9. The van der Waals surface area contributed by atoms with Crippen molar-refractivity contribution in [2.45, 2.75) is 13.5 Å². The first-order valence-corrected chi connectivity index (χ1v) is 9.11. The van der Waals surface area contributed by atoms with Gasteiger partial charge in [-0.15, -0.1) is 0 Å². The zero-order chi connectivity index (χ0) is 19.2. The van der Waals surface area contributed by atoms with Crippen molar-refractivity contribution in [1.29, 1.82) is 0 Å². The number of ketones is 1. The molecule has 5 nitrogen and oxygen atoms in total. The molecule has 0 unspecified atom stereocenters. The van der Waals surface area contributed by atoms with Crippen molar-refractivity contribution in [3.63, 3.8) is 0 Å². The predicted octanol–water partition coefficient (Wildman–Crippen LogP) is 2.84. The Kier molecular flexibility index (Phi) is 6.19. The average Bonchev–Trinajstić information content (AvgIpc) is 2.69. The van der Waals surface area contributed by atoms with Crippen molar-refractivity contribution in [1.82, 2.24) is 15.1 Å². The van der Waals surface area contributed by atoms with Gasteiger partial charge in [0.25, 0.3) is 0 Å². The van der Waals surface area contributed by atoms with E-state index in [1.54, 1.807) is 17.0 Å². The molecule has 1 saturated heterocycles. The lowest BCUT2D eigenvalue weighted by Crippen LogP contribution is -2.52. The van der Waals surface area contributed by atoms with E-state index < -0.39 is 5.82 Å². The highest BCUT2D eigenvalue weighted by atomic mass is 19.1. The zero-order valence-corrected chi connectivity index (χ0v) is 15.5. The average molecular weight is 369 g/mol. The number of amides is 2. The van der Waals surface area contributed by atoms with E-state index in [9.17, 15) is 14.0 Å². The summed E-state index contributed by atoms with van der Waals surface area (Å²) in [6.45, 7) is 4.78. The first kappa shape index (κ1) is 19.0. The number of aryl methyl sites for hydroxylation is 1. The fourth-order valence-corrected chi connectivity index (χ4v) is 3.14. The van der Waals surface area contributed by atoms with Crippen LogP contribution in [0, 0.1) is 12.7 Å². The van der Waals surface area contributed by atoms with Crippen LogP contribution in [0.25, 0.3) is 0 Å². The first-order chi connectivity index (χ1) is 13.0. The molecule has 0 radical (unpaired) electrons. The molecule has 1 aliphatic rings. The highest BCUT2D eigenvalue weighted by Gasteiger charge is 2.23. The molecule has 0 bridgehead atoms. The Balaban J connectivity index is 1.46. The smallest absolute Gasteiger partial charge is 0.317 e. The second kappa shape index (κ2) is 8.77. The van der Waals surface area contributed by atoms with Crippen LogP contribution in [0.1, 0.15) is 21.5 Å². The summed E-state index contributed by atoms with van der Waals surface area (Å²) in [5.41, 5.74) is 2.05. The van der Waals surface area contributed by atoms with Crippen LogP contribution in [0.4, 0.5) is 9.18 Å².